The number of nitrogen functional groups attached to an aromatic ring is 1. The Hall–Kier alpha value is -3.72. The highest BCUT2D eigenvalue weighted by Crippen LogP contribution is 2.44. The maximum absolute atomic E-state index is 12.8. The van der Waals surface area contributed by atoms with E-state index in [4.69, 9.17) is 26.1 Å². The Morgan fingerprint density at radius 1 is 1.17 bits per heavy atom. The van der Waals surface area contributed by atoms with E-state index >= 15 is 0 Å². The minimum absolute atomic E-state index is 0.00828. The smallest absolute Gasteiger partial charge is 0.308 e. The van der Waals surface area contributed by atoms with Crippen molar-refractivity contribution in [2.75, 3.05) is 12.3 Å². The van der Waals surface area contributed by atoms with Crippen LogP contribution in [0.1, 0.15) is 48.6 Å². The molecule has 0 saturated carbocycles. The summed E-state index contributed by atoms with van der Waals surface area (Å²) in [6.45, 7) is 9.34. The highest BCUT2D eigenvalue weighted by atomic mass is 16.7. The fraction of sp³-hybridized carbons (Fsp3) is 0.583. The number of carbonyl (C=O) groups is 3. The number of hydrogen-bond donors (Lipinski definition) is 1. The summed E-state index contributed by atoms with van der Waals surface area (Å²) in [5, 5.41) is 14.6. The number of nitriles is 1. The molecular formula is C24H31N5O7. The molecule has 0 aliphatic carbocycles. The molecule has 1 aliphatic heterocycles. The van der Waals surface area contributed by atoms with Crippen LogP contribution < -0.4 is 5.73 Å². The van der Waals surface area contributed by atoms with Gasteiger partial charge in [0.05, 0.1) is 24.8 Å². The van der Waals surface area contributed by atoms with Crippen molar-refractivity contribution in [2.45, 2.75) is 65.5 Å². The summed E-state index contributed by atoms with van der Waals surface area (Å²) in [6.07, 6.45) is -2.87. The Bertz CT molecular complexity index is 1240. The molecule has 0 bridgehead atoms. The molecule has 2 aromatic rings. The quantitative estimate of drug-likeness (QED) is 0.412. The summed E-state index contributed by atoms with van der Waals surface area (Å²) in [5.74, 6) is -3.47. The molecule has 3 heterocycles. The van der Waals surface area contributed by atoms with Crippen LogP contribution in [0.25, 0.3) is 5.52 Å². The zero-order chi connectivity index (χ0) is 27.7. The topological polar surface area (TPSA) is 168 Å². The number of hydrogen-bond acceptors (Lipinski definition) is 11. The molecule has 0 amide bonds. The summed E-state index contributed by atoms with van der Waals surface area (Å²) >= 11 is 0. The number of nitrogens with zero attached hydrogens (tertiary/aromatic N) is 4. The molecule has 4 atom stereocenters. The zero-order valence-electron chi connectivity index (χ0n) is 22.0. The fourth-order valence-electron chi connectivity index (χ4n) is 3.58. The molecular weight excluding hydrogens is 470 g/mol. The number of ether oxygens (including phenoxy) is 4. The van der Waals surface area contributed by atoms with Crippen molar-refractivity contribution in [3.63, 3.8) is 0 Å². The molecule has 0 unspecified atom stereocenters. The van der Waals surface area contributed by atoms with Crippen LogP contribution in [0.5, 0.6) is 0 Å². The van der Waals surface area contributed by atoms with Gasteiger partial charge >= 0.3 is 17.9 Å². The lowest BCUT2D eigenvalue weighted by Crippen LogP contribution is -2.47. The predicted octanol–water partition coefficient (Wildman–Crippen LogP) is 1.76. The molecule has 12 nitrogen and oxygen atoms in total. The van der Waals surface area contributed by atoms with Crippen LogP contribution in [-0.2, 0) is 38.9 Å². The van der Waals surface area contributed by atoms with Gasteiger partial charge in [-0.1, -0.05) is 41.5 Å². The Morgan fingerprint density at radius 3 is 2.36 bits per heavy atom. The number of nitrogens with two attached hydrogens (primary N) is 1. The number of rotatable bonds is 8. The molecule has 36 heavy (non-hydrogen) atoms. The summed E-state index contributed by atoms with van der Waals surface area (Å²) in [7, 11) is 0. The van der Waals surface area contributed by atoms with E-state index in [0.29, 0.717) is 0 Å². The molecule has 1 saturated heterocycles. The summed E-state index contributed by atoms with van der Waals surface area (Å²) in [5.41, 5.74) is 3.95. The molecule has 1 fully saturated rings. The van der Waals surface area contributed by atoms with E-state index in [1.165, 1.54) is 10.6 Å². The van der Waals surface area contributed by atoms with Crippen molar-refractivity contribution in [2.24, 2.45) is 17.8 Å². The molecule has 0 aromatic carbocycles. The van der Waals surface area contributed by atoms with Crippen LogP contribution in [0, 0.1) is 29.1 Å². The van der Waals surface area contributed by atoms with Crippen LogP contribution in [0.3, 0.4) is 0 Å². The highest BCUT2D eigenvalue weighted by Gasteiger charge is 2.63. The molecule has 0 spiro atoms. The third-order valence-corrected chi connectivity index (χ3v) is 5.64. The van der Waals surface area contributed by atoms with E-state index in [9.17, 15) is 19.6 Å². The number of carbonyl (C=O) groups excluding carboxylic acids is 3. The van der Waals surface area contributed by atoms with E-state index in [0.717, 1.165) is 6.33 Å². The predicted molar refractivity (Wildman–Crippen MR) is 125 cm³/mol. The van der Waals surface area contributed by atoms with Crippen molar-refractivity contribution in [1.82, 2.24) is 14.6 Å². The normalized spacial score (nSPS) is 24.1. The Labute approximate surface area is 210 Å². The molecule has 194 valence electrons. The first-order valence-corrected chi connectivity index (χ1v) is 11.6. The second-order valence-electron chi connectivity index (χ2n) is 9.44. The second-order valence-corrected chi connectivity index (χ2v) is 9.44. The molecule has 2 aromatic heterocycles. The molecule has 0 radical (unpaired) electrons. The number of esters is 3. The van der Waals surface area contributed by atoms with Crippen LogP contribution in [0.15, 0.2) is 18.4 Å². The van der Waals surface area contributed by atoms with Gasteiger partial charge in [-0.3, -0.25) is 14.4 Å². The summed E-state index contributed by atoms with van der Waals surface area (Å²) < 4.78 is 32.5. The highest BCUT2D eigenvalue weighted by molar-refractivity contribution is 5.74. The average molecular weight is 503 g/mol. The minimum Gasteiger partial charge on any atom is -0.463 e. The Morgan fingerprint density at radius 2 is 1.78 bits per heavy atom. The number of aromatic nitrogens is 3. The van der Waals surface area contributed by atoms with Gasteiger partial charge in [0, 0.05) is 0 Å². The number of anilines is 1. The van der Waals surface area contributed by atoms with E-state index < -0.39 is 59.6 Å². The summed E-state index contributed by atoms with van der Waals surface area (Å²) in [6, 6.07) is 3.24. The van der Waals surface area contributed by atoms with Gasteiger partial charge in [-0.2, -0.15) is 10.4 Å². The summed E-state index contributed by atoms with van der Waals surface area (Å²) in [4.78, 5) is 41.6. The van der Waals surface area contributed by atoms with E-state index in [1.54, 1.807) is 41.5 Å². The largest absolute Gasteiger partial charge is 0.463 e. The molecule has 2 N–H and O–H groups in total. The molecule has 12 heteroatoms. The average Bonchev–Trinajstić information content (AvgIpc) is 3.33. The minimum atomic E-state index is -2.11. The molecule has 3 rings (SSSR count). The lowest BCUT2D eigenvalue weighted by atomic mass is 9.91. The standard InChI is InChI=1S/C24H31N5O7/c1-12(2)21(30)33-9-16-18(34-22(31)13(3)4)19(35-23(32)14(5)6)24(10-25,36-16)17-8-7-15-20(26)27-11-28-29(15)17/h7-8,11-14,16,18-19H,9H2,1-6H3,(H2,26,27,28)/t16-,18-,19-,24+/m0/s1/i7D. The van der Waals surface area contributed by atoms with Crippen molar-refractivity contribution in [3.05, 3.63) is 24.1 Å². The first-order chi connectivity index (χ1) is 17.3. The monoisotopic (exact) mass is 502 g/mol. The van der Waals surface area contributed by atoms with Crippen LogP contribution in [-0.4, -0.2) is 57.4 Å². The van der Waals surface area contributed by atoms with Crippen molar-refractivity contribution in [3.8, 4) is 6.07 Å². The SMILES string of the molecule is [2H]c1cc([C@@]2(C#N)O[C@@H](COC(=O)C(C)C)[C@H](OC(=O)C(C)C)[C@@H]2OC(=O)C(C)C)n2ncnc(N)c12. The third kappa shape index (κ3) is 4.97. The first kappa shape index (κ1) is 25.4. The van der Waals surface area contributed by atoms with E-state index in [-0.39, 0.29) is 29.7 Å². The van der Waals surface area contributed by atoms with Crippen LogP contribution in [0.2, 0.25) is 0 Å². The maximum atomic E-state index is 12.8. The maximum Gasteiger partial charge on any atom is 0.308 e. The van der Waals surface area contributed by atoms with Gasteiger partial charge in [0.2, 0.25) is 5.60 Å². The van der Waals surface area contributed by atoms with Gasteiger partial charge in [0.1, 0.15) is 30.6 Å². The lowest BCUT2D eigenvalue weighted by Gasteiger charge is -2.29. The molecule has 1 aliphatic rings. The van der Waals surface area contributed by atoms with Gasteiger partial charge in [0.25, 0.3) is 0 Å². The zero-order valence-corrected chi connectivity index (χ0v) is 21.0. The van der Waals surface area contributed by atoms with E-state index in [1.807, 2.05) is 6.07 Å². The van der Waals surface area contributed by atoms with Crippen molar-refractivity contribution < 1.29 is 34.7 Å². The second kappa shape index (κ2) is 10.5. The van der Waals surface area contributed by atoms with Crippen LogP contribution in [0.4, 0.5) is 5.82 Å². The van der Waals surface area contributed by atoms with Gasteiger partial charge in [-0.25, -0.2) is 9.50 Å². The van der Waals surface area contributed by atoms with Gasteiger partial charge in [-0.05, 0) is 12.1 Å². The number of fused-ring (bicyclic) bond motifs is 1. The lowest BCUT2D eigenvalue weighted by molar-refractivity contribution is -0.174. The van der Waals surface area contributed by atoms with Gasteiger partial charge in [-0.15, -0.1) is 0 Å². The van der Waals surface area contributed by atoms with Crippen molar-refractivity contribution >= 4 is 29.2 Å². The van der Waals surface area contributed by atoms with Crippen LogP contribution >= 0.6 is 0 Å². The third-order valence-electron chi connectivity index (χ3n) is 5.64. The van der Waals surface area contributed by atoms with Gasteiger partial charge < -0.3 is 24.7 Å². The Kier molecular flexibility index (Phi) is 7.40. The van der Waals surface area contributed by atoms with Crippen molar-refractivity contribution in [1.29, 1.82) is 5.26 Å². The Balaban J connectivity index is 2.20. The van der Waals surface area contributed by atoms with Gasteiger partial charge in [0.15, 0.2) is 18.0 Å². The van der Waals surface area contributed by atoms with E-state index in [2.05, 4.69) is 10.1 Å². The fourth-order valence-corrected chi connectivity index (χ4v) is 3.58. The first-order valence-electron chi connectivity index (χ1n) is 12.1.